The fraction of sp³-hybridized carbons (Fsp3) is 0.167. The molecule has 0 atom stereocenters. The summed E-state index contributed by atoms with van der Waals surface area (Å²) >= 11 is 17.0. The highest BCUT2D eigenvalue weighted by Crippen LogP contribution is 2.27. The van der Waals surface area contributed by atoms with Gasteiger partial charge < -0.3 is 5.32 Å². The van der Waals surface area contributed by atoms with Gasteiger partial charge in [0.05, 0.1) is 10.0 Å². The summed E-state index contributed by atoms with van der Waals surface area (Å²) in [5.41, 5.74) is 1.09. The molecule has 3 nitrogen and oxygen atoms in total. The van der Waals surface area contributed by atoms with Crippen molar-refractivity contribution in [1.29, 1.82) is 0 Å². The largest absolute Gasteiger partial charge is 0.328 e. The maximum Gasteiger partial charge on any atom is 0.276 e. The average molecular weight is 301 g/mol. The summed E-state index contributed by atoms with van der Waals surface area (Å²) in [7, 11) is 0. The smallest absolute Gasteiger partial charge is 0.276 e. The quantitative estimate of drug-likeness (QED) is 0.673. The molecule has 1 N–H and O–H groups in total. The molecular formula is C12H10Cl2N2OS. The topological polar surface area (TPSA) is 32.3 Å². The highest BCUT2D eigenvalue weighted by atomic mass is 35.5. The molecule has 1 heterocycles. The lowest BCUT2D eigenvalue weighted by molar-refractivity contribution is -0.122. The van der Waals surface area contributed by atoms with E-state index < -0.39 is 0 Å². The Morgan fingerprint density at radius 3 is 2.78 bits per heavy atom. The monoisotopic (exact) mass is 300 g/mol. The van der Waals surface area contributed by atoms with Gasteiger partial charge in [-0.25, -0.2) is 0 Å². The summed E-state index contributed by atoms with van der Waals surface area (Å²) in [6, 6.07) is 5.25. The Kier molecular flexibility index (Phi) is 3.90. The molecule has 0 saturated carbocycles. The Morgan fingerprint density at radius 2 is 2.17 bits per heavy atom. The van der Waals surface area contributed by atoms with Crippen molar-refractivity contribution in [2.45, 2.75) is 6.92 Å². The van der Waals surface area contributed by atoms with E-state index in [0.29, 0.717) is 33.0 Å². The second kappa shape index (κ2) is 5.26. The van der Waals surface area contributed by atoms with Crippen LogP contribution in [-0.4, -0.2) is 22.5 Å². The van der Waals surface area contributed by atoms with Crippen LogP contribution >= 0.6 is 35.4 Å². The van der Waals surface area contributed by atoms with Crippen LogP contribution in [0.4, 0.5) is 0 Å². The van der Waals surface area contributed by atoms with Gasteiger partial charge in [0.2, 0.25) is 0 Å². The number of carbonyl (C=O) groups is 1. The van der Waals surface area contributed by atoms with Crippen molar-refractivity contribution in [2.75, 3.05) is 6.54 Å². The number of amides is 1. The molecule has 1 amide bonds. The van der Waals surface area contributed by atoms with Crippen LogP contribution < -0.4 is 5.32 Å². The molecule has 1 aromatic carbocycles. The summed E-state index contributed by atoms with van der Waals surface area (Å²) in [6.07, 6.45) is 1.65. The zero-order chi connectivity index (χ0) is 13.3. The number of benzene rings is 1. The lowest BCUT2D eigenvalue weighted by Gasteiger charge is -2.08. The Bertz CT molecular complexity index is 557. The molecule has 94 valence electrons. The van der Waals surface area contributed by atoms with E-state index in [2.05, 4.69) is 5.32 Å². The van der Waals surface area contributed by atoms with Gasteiger partial charge in [-0.2, -0.15) is 0 Å². The SMILES string of the molecule is CCN1C(=O)/C(=C\c2cccc(Cl)c2Cl)NC1=S. The normalized spacial score (nSPS) is 17.5. The number of carbonyl (C=O) groups excluding carboxylic acids is 1. The third kappa shape index (κ3) is 2.36. The van der Waals surface area contributed by atoms with Crippen molar-refractivity contribution < 1.29 is 4.79 Å². The standard InChI is InChI=1S/C12H10Cl2N2OS/c1-2-16-11(17)9(15-12(16)18)6-7-4-3-5-8(13)10(7)14/h3-6H,2H2,1H3,(H,15,18)/b9-6+. The third-order valence-corrected chi connectivity index (χ3v) is 3.72. The van der Waals surface area contributed by atoms with Crippen LogP contribution in [-0.2, 0) is 4.79 Å². The van der Waals surface area contributed by atoms with Crippen molar-refractivity contribution in [1.82, 2.24) is 10.2 Å². The molecule has 6 heteroatoms. The van der Waals surface area contributed by atoms with Crippen molar-refractivity contribution >= 4 is 52.5 Å². The Labute approximate surface area is 120 Å². The average Bonchev–Trinajstić information content (AvgIpc) is 2.60. The molecule has 1 aliphatic heterocycles. The minimum atomic E-state index is -0.154. The van der Waals surface area contributed by atoms with Crippen LogP contribution in [0.2, 0.25) is 10.0 Å². The summed E-state index contributed by atoms with van der Waals surface area (Å²) in [5.74, 6) is -0.154. The number of likely N-dealkylation sites (N-methyl/N-ethyl adjacent to an activating group) is 1. The molecule has 0 aromatic heterocycles. The highest BCUT2D eigenvalue weighted by Gasteiger charge is 2.29. The number of rotatable bonds is 2. The van der Waals surface area contributed by atoms with Crippen molar-refractivity contribution in [3.05, 3.63) is 39.5 Å². The summed E-state index contributed by atoms with van der Waals surface area (Å²) in [5, 5.41) is 4.15. The molecule has 18 heavy (non-hydrogen) atoms. The molecule has 2 rings (SSSR count). The van der Waals surface area contributed by atoms with E-state index >= 15 is 0 Å². The molecular weight excluding hydrogens is 291 g/mol. The molecule has 0 bridgehead atoms. The van der Waals surface area contributed by atoms with Crippen LogP contribution in [0.25, 0.3) is 6.08 Å². The van der Waals surface area contributed by atoms with Crippen molar-refractivity contribution in [3.8, 4) is 0 Å². The second-order valence-corrected chi connectivity index (χ2v) is 4.85. The summed E-state index contributed by atoms with van der Waals surface area (Å²) < 4.78 is 0. The van der Waals surface area contributed by atoms with Crippen molar-refractivity contribution in [3.63, 3.8) is 0 Å². The van der Waals surface area contributed by atoms with E-state index in [0.717, 1.165) is 0 Å². The number of nitrogens with one attached hydrogen (secondary N) is 1. The van der Waals surface area contributed by atoms with Crippen LogP contribution in [0.5, 0.6) is 0 Å². The highest BCUT2D eigenvalue weighted by molar-refractivity contribution is 7.80. The van der Waals surface area contributed by atoms with E-state index in [1.54, 1.807) is 24.3 Å². The van der Waals surface area contributed by atoms with Crippen LogP contribution in [0.3, 0.4) is 0 Å². The fourth-order valence-electron chi connectivity index (χ4n) is 1.65. The van der Waals surface area contributed by atoms with Gasteiger partial charge in [0.1, 0.15) is 5.70 Å². The number of nitrogens with zero attached hydrogens (tertiary/aromatic N) is 1. The first-order chi connectivity index (χ1) is 8.54. The molecule has 0 unspecified atom stereocenters. The van der Waals surface area contributed by atoms with Gasteiger partial charge in [-0.1, -0.05) is 35.3 Å². The lowest BCUT2D eigenvalue weighted by atomic mass is 10.2. The van der Waals surface area contributed by atoms with E-state index in [1.807, 2.05) is 6.92 Å². The van der Waals surface area contributed by atoms with E-state index in [1.165, 1.54) is 4.90 Å². The van der Waals surface area contributed by atoms with Crippen molar-refractivity contribution in [2.24, 2.45) is 0 Å². The predicted molar refractivity (Wildman–Crippen MR) is 77.6 cm³/mol. The van der Waals surface area contributed by atoms with Crippen LogP contribution in [0.1, 0.15) is 12.5 Å². The molecule has 1 aliphatic rings. The Morgan fingerprint density at radius 1 is 1.44 bits per heavy atom. The van der Waals surface area contributed by atoms with E-state index in [-0.39, 0.29) is 5.91 Å². The summed E-state index contributed by atoms with van der Waals surface area (Å²) in [4.78, 5) is 13.5. The lowest BCUT2D eigenvalue weighted by Crippen LogP contribution is -2.30. The first-order valence-electron chi connectivity index (χ1n) is 5.33. The van der Waals surface area contributed by atoms with Gasteiger partial charge in [0, 0.05) is 6.54 Å². The summed E-state index contributed by atoms with van der Waals surface area (Å²) in [6.45, 7) is 2.40. The van der Waals surface area contributed by atoms with Gasteiger partial charge in [-0.15, -0.1) is 0 Å². The van der Waals surface area contributed by atoms with Crippen LogP contribution in [0.15, 0.2) is 23.9 Å². The molecule has 1 aromatic rings. The van der Waals surface area contributed by atoms with Gasteiger partial charge in [0.15, 0.2) is 5.11 Å². The molecule has 1 fully saturated rings. The number of hydrogen-bond donors (Lipinski definition) is 1. The third-order valence-electron chi connectivity index (χ3n) is 2.56. The first kappa shape index (κ1) is 13.3. The van der Waals surface area contributed by atoms with Gasteiger partial charge in [-0.3, -0.25) is 9.69 Å². The zero-order valence-corrected chi connectivity index (χ0v) is 11.9. The van der Waals surface area contributed by atoms with Gasteiger partial charge in [0.25, 0.3) is 5.91 Å². The zero-order valence-electron chi connectivity index (χ0n) is 9.54. The number of halogens is 2. The number of thiocarbonyl (C=S) groups is 1. The van der Waals surface area contributed by atoms with E-state index in [4.69, 9.17) is 35.4 Å². The minimum absolute atomic E-state index is 0.154. The predicted octanol–water partition coefficient (Wildman–Crippen LogP) is 3.07. The molecule has 0 radical (unpaired) electrons. The number of hydrogen-bond acceptors (Lipinski definition) is 2. The Hall–Kier alpha value is -1.10. The maximum absolute atomic E-state index is 12.0. The van der Waals surface area contributed by atoms with Crippen LogP contribution in [0, 0.1) is 0 Å². The maximum atomic E-state index is 12.0. The van der Waals surface area contributed by atoms with Gasteiger partial charge >= 0.3 is 0 Å². The Balaban J connectivity index is 2.38. The molecule has 0 aliphatic carbocycles. The second-order valence-electron chi connectivity index (χ2n) is 3.68. The molecule has 0 spiro atoms. The van der Waals surface area contributed by atoms with E-state index in [9.17, 15) is 4.79 Å². The first-order valence-corrected chi connectivity index (χ1v) is 6.49. The fourth-order valence-corrected chi connectivity index (χ4v) is 2.33. The molecule has 1 saturated heterocycles. The minimum Gasteiger partial charge on any atom is -0.328 e. The van der Waals surface area contributed by atoms with Gasteiger partial charge in [-0.05, 0) is 36.8 Å².